The van der Waals surface area contributed by atoms with Gasteiger partial charge in [-0.15, -0.1) is 0 Å². The van der Waals surface area contributed by atoms with Crippen LogP contribution in [-0.2, 0) is 0 Å². The van der Waals surface area contributed by atoms with Crippen molar-refractivity contribution in [2.75, 3.05) is 13.6 Å². The molecule has 1 aromatic rings. The monoisotopic (exact) mass is 326 g/mol. The van der Waals surface area contributed by atoms with Crippen molar-refractivity contribution >= 4 is 27.5 Å². The summed E-state index contributed by atoms with van der Waals surface area (Å²) >= 11 is 3.16. The van der Waals surface area contributed by atoms with Crippen molar-refractivity contribution in [3.8, 4) is 0 Å². The van der Waals surface area contributed by atoms with Crippen LogP contribution in [0.15, 0.2) is 22.7 Å². The Labute approximate surface area is 119 Å². The maximum absolute atomic E-state index is 12.3. The SMILES string of the molecule is CC1CC1CN(C)C(=O)c1cccc([N+](=O)[O-])c1Br. The van der Waals surface area contributed by atoms with E-state index in [4.69, 9.17) is 0 Å². The van der Waals surface area contributed by atoms with Gasteiger partial charge in [0.2, 0.25) is 0 Å². The van der Waals surface area contributed by atoms with Gasteiger partial charge >= 0.3 is 0 Å². The van der Waals surface area contributed by atoms with Crippen LogP contribution in [0.25, 0.3) is 0 Å². The van der Waals surface area contributed by atoms with Gasteiger partial charge in [0.05, 0.1) is 10.5 Å². The quantitative estimate of drug-likeness (QED) is 0.630. The standard InChI is InChI=1S/C13H15BrN2O3/c1-8-6-9(8)7-15(2)13(17)10-4-3-5-11(12(10)14)16(18)19/h3-5,8-9H,6-7H2,1-2H3. The summed E-state index contributed by atoms with van der Waals surface area (Å²) < 4.78 is 0.251. The van der Waals surface area contributed by atoms with Gasteiger partial charge in [-0.25, -0.2) is 0 Å². The lowest BCUT2D eigenvalue weighted by Crippen LogP contribution is -2.29. The van der Waals surface area contributed by atoms with Crippen LogP contribution >= 0.6 is 15.9 Å². The van der Waals surface area contributed by atoms with Crippen molar-refractivity contribution in [2.45, 2.75) is 13.3 Å². The van der Waals surface area contributed by atoms with Gasteiger partial charge in [-0.3, -0.25) is 14.9 Å². The Hall–Kier alpha value is -1.43. The zero-order valence-corrected chi connectivity index (χ0v) is 12.4. The molecule has 0 aliphatic heterocycles. The number of rotatable bonds is 4. The number of hydrogen-bond donors (Lipinski definition) is 0. The first-order valence-corrected chi connectivity index (χ1v) is 6.89. The van der Waals surface area contributed by atoms with E-state index in [9.17, 15) is 14.9 Å². The van der Waals surface area contributed by atoms with Gasteiger partial charge < -0.3 is 4.90 Å². The lowest BCUT2D eigenvalue weighted by molar-refractivity contribution is -0.385. The van der Waals surface area contributed by atoms with Crippen LogP contribution in [0.1, 0.15) is 23.7 Å². The number of nitro benzene ring substituents is 1. The second-order valence-corrected chi connectivity index (χ2v) is 5.85. The zero-order chi connectivity index (χ0) is 14.2. The van der Waals surface area contributed by atoms with Crippen LogP contribution in [0.4, 0.5) is 5.69 Å². The first-order valence-electron chi connectivity index (χ1n) is 6.10. The summed E-state index contributed by atoms with van der Waals surface area (Å²) in [7, 11) is 1.73. The molecular weight excluding hydrogens is 312 g/mol. The maximum atomic E-state index is 12.3. The number of halogens is 1. The molecule has 0 heterocycles. The van der Waals surface area contributed by atoms with Gasteiger partial charge in [0, 0.05) is 19.7 Å². The fourth-order valence-corrected chi connectivity index (χ4v) is 2.70. The van der Waals surface area contributed by atoms with Gasteiger partial charge in [-0.05, 0) is 40.3 Å². The van der Waals surface area contributed by atoms with Crippen LogP contribution < -0.4 is 0 Å². The number of amides is 1. The Balaban J connectivity index is 2.18. The number of hydrogen-bond acceptors (Lipinski definition) is 3. The molecule has 5 nitrogen and oxygen atoms in total. The summed E-state index contributed by atoms with van der Waals surface area (Å²) in [6.45, 7) is 2.86. The van der Waals surface area contributed by atoms with E-state index in [0.717, 1.165) is 6.42 Å². The van der Waals surface area contributed by atoms with E-state index in [2.05, 4.69) is 22.9 Å². The number of nitro groups is 1. The first kappa shape index (κ1) is 14.0. The van der Waals surface area contributed by atoms with Crippen LogP contribution in [0.2, 0.25) is 0 Å². The van der Waals surface area contributed by atoms with E-state index in [0.29, 0.717) is 23.9 Å². The van der Waals surface area contributed by atoms with Crippen molar-refractivity contribution in [3.05, 3.63) is 38.3 Å². The van der Waals surface area contributed by atoms with Crippen LogP contribution in [0.3, 0.4) is 0 Å². The summed E-state index contributed by atoms with van der Waals surface area (Å²) in [6.07, 6.45) is 1.15. The van der Waals surface area contributed by atoms with Crippen LogP contribution in [0.5, 0.6) is 0 Å². The number of benzene rings is 1. The minimum atomic E-state index is -0.496. The Kier molecular flexibility index (Phi) is 3.89. The Bertz CT molecular complexity index is 533. The average molecular weight is 327 g/mol. The Morgan fingerprint density at radius 2 is 2.21 bits per heavy atom. The molecule has 2 atom stereocenters. The van der Waals surface area contributed by atoms with Crippen molar-refractivity contribution in [1.29, 1.82) is 0 Å². The molecule has 2 rings (SSSR count). The molecule has 1 saturated carbocycles. The summed E-state index contributed by atoms with van der Waals surface area (Å²) in [5, 5.41) is 10.8. The molecule has 0 spiro atoms. The Morgan fingerprint density at radius 1 is 1.58 bits per heavy atom. The highest BCUT2D eigenvalue weighted by Gasteiger charge is 2.34. The molecule has 6 heteroatoms. The molecule has 0 saturated heterocycles. The highest BCUT2D eigenvalue weighted by atomic mass is 79.9. The van der Waals surface area contributed by atoms with Crippen LogP contribution in [0, 0.1) is 22.0 Å². The Morgan fingerprint density at radius 3 is 2.74 bits per heavy atom. The molecule has 2 unspecified atom stereocenters. The topological polar surface area (TPSA) is 63.5 Å². The molecule has 102 valence electrons. The van der Waals surface area contributed by atoms with E-state index >= 15 is 0 Å². The van der Waals surface area contributed by atoms with Gasteiger partial charge in [-0.1, -0.05) is 13.0 Å². The summed E-state index contributed by atoms with van der Waals surface area (Å²) in [6, 6.07) is 4.51. The predicted octanol–water partition coefficient (Wildman–Crippen LogP) is 3.09. The summed E-state index contributed by atoms with van der Waals surface area (Å²) in [5.41, 5.74) is 0.254. The summed E-state index contributed by atoms with van der Waals surface area (Å²) in [5.74, 6) is 1.05. The lowest BCUT2D eigenvalue weighted by atomic mass is 10.1. The molecule has 0 radical (unpaired) electrons. The predicted molar refractivity (Wildman–Crippen MR) is 75.0 cm³/mol. The second-order valence-electron chi connectivity index (χ2n) is 5.05. The third kappa shape index (κ3) is 2.94. The maximum Gasteiger partial charge on any atom is 0.284 e. The number of carbonyl (C=O) groups excluding carboxylic acids is 1. The van der Waals surface area contributed by atoms with Crippen molar-refractivity contribution < 1.29 is 9.72 Å². The minimum Gasteiger partial charge on any atom is -0.341 e. The van der Waals surface area contributed by atoms with Crippen molar-refractivity contribution in [3.63, 3.8) is 0 Å². The van der Waals surface area contributed by atoms with Crippen molar-refractivity contribution in [2.24, 2.45) is 11.8 Å². The van der Waals surface area contributed by atoms with E-state index < -0.39 is 4.92 Å². The number of nitrogens with zero attached hydrogens (tertiary/aromatic N) is 2. The largest absolute Gasteiger partial charge is 0.341 e. The molecule has 0 aromatic heterocycles. The molecule has 1 fully saturated rings. The molecule has 1 amide bonds. The molecular formula is C13H15BrN2O3. The second kappa shape index (κ2) is 5.28. The molecule has 0 N–H and O–H groups in total. The molecule has 0 bridgehead atoms. The van der Waals surface area contributed by atoms with Gasteiger partial charge in [0.1, 0.15) is 4.47 Å². The third-order valence-electron chi connectivity index (χ3n) is 3.54. The van der Waals surface area contributed by atoms with Gasteiger partial charge in [0.25, 0.3) is 11.6 Å². The zero-order valence-electron chi connectivity index (χ0n) is 10.8. The van der Waals surface area contributed by atoms with E-state index in [1.54, 1.807) is 18.0 Å². The third-order valence-corrected chi connectivity index (χ3v) is 4.37. The van der Waals surface area contributed by atoms with E-state index in [1.165, 1.54) is 12.1 Å². The highest BCUT2D eigenvalue weighted by Crippen LogP contribution is 2.38. The molecule has 1 aliphatic carbocycles. The fraction of sp³-hybridized carbons (Fsp3) is 0.462. The van der Waals surface area contributed by atoms with Gasteiger partial charge in [-0.2, -0.15) is 0 Å². The number of carbonyl (C=O) groups is 1. The fourth-order valence-electron chi connectivity index (χ4n) is 2.12. The molecule has 1 aromatic carbocycles. The van der Waals surface area contributed by atoms with E-state index in [1.807, 2.05) is 0 Å². The van der Waals surface area contributed by atoms with E-state index in [-0.39, 0.29) is 16.1 Å². The molecule has 1 aliphatic rings. The summed E-state index contributed by atoms with van der Waals surface area (Å²) in [4.78, 5) is 24.3. The minimum absolute atomic E-state index is 0.0842. The molecule has 19 heavy (non-hydrogen) atoms. The first-order chi connectivity index (χ1) is 8.91. The highest BCUT2D eigenvalue weighted by molar-refractivity contribution is 9.10. The smallest absolute Gasteiger partial charge is 0.284 e. The lowest BCUT2D eigenvalue weighted by Gasteiger charge is -2.17. The normalized spacial score (nSPS) is 21.0. The average Bonchev–Trinajstić information content (AvgIpc) is 3.03. The van der Waals surface area contributed by atoms with Crippen LogP contribution in [-0.4, -0.2) is 29.3 Å². The van der Waals surface area contributed by atoms with Gasteiger partial charge in [0.15, 0.2) is 0 Å². The van der Waals surface area contributed by atoms with Crippen molar-refractivity contribution in [1.82, 2.24) is 4.90 Å².